The van der Waals surface area contributed by atoms with Crippen LogP contribution in [-0.2, 0) is 0 Å². The van der Waals surface area contributed by atoms with Crippen LogP contribution in [0.2, 0.25) is 0 Å². The molecule has 1 saturated carbocycles. The van der Waals surface area contributed by atoms with Crippen LogP contribution in [0.15, 0.2) is 0 Å². The molecule has 0 aromatic carbocycles. The van der Waals surface area contributed by atoms with Gasteiger partial charge in [0.15, 0.2) is 0 Å². The standard InChI is InChI=1S/C7H15N2/c8-6-4-2-1-3-5-7(6)9/h6H,1-5,8-9H2. The van der Waals surface area contributed by atoms with E-state index in [0.717, 1.165) is 18.9 Å². The van der Waals surface area contributed by atoms with E-state index < -0.39 is 0 Å². The molecule has 0 heterocycles. The monoisotopic (exact) mass is 127 g/mol. The largest absolute Gasteiger partial charge is 0.326 e. The number of hydrogen-bond donors (Lipinski definition) is 2. The predicted octanol–water partition coefficient (Wildman–Crippen LogP) is 0.768. The molecule has 0 amide bonds. The quantitative estimate of drug-likeness (QED) is 0.472. The first-order valence-corrected chi connectivity index (χ1v) is 3.67. The lowest BCUT2D eigenvalue weighted by atomic mass is 10.1. The fourth-order valence-electron chi connectivity index (χ4n) is 1.24. The van der Waals surface area contributed by atoms with Gasteiger partial charge in [-0.2, -0.15) is 0 Å². The van der Waals surface area contributed by atoms with Crippen LogP contribution in [-0.4, -0.2) is 6.04 Å². The van der Waals surface area contributed by atoms with Crippen LogP contribution < -0.4 is 11.5 Å². The Balaban J connectivity index is 2.32. The van der Waals surface area contributed by atoms with Gasteiger partial charge in [-0.05, 0) is 12.8 Å². The van der Waals surface area contributed by atoms with Gasteiger partial charge in [0.05, 0.1) is 6.04 Å². The Kier molecular flexibility index (Phi) is 2.49. The third kappa shape index (κ3) is 1.95. The lowest BCUT2D eigenvalue weighted by Crippen LogP contribution is -2.32. The predicted molar refractivity (Wildman–Crippen MR) is 38.5 cm³/mol. The molecule has 0 bridgehead atoms. The van der Waals surface area contributed by atoms with Crippen LogP contribution >= 0.6 is 0 Å². The van der Waals surface area contributed by atoms with E-state index in [0.29, 0.717) is 0 Å². The van der Waals surface area contributed by atoms with Crippen molar-refractivity contribution in [2.45, 2.75) is 38.1 Å². The average Bonchev–Trinajstić information content (AvgIpc) is 1.99. The maximum absolute atomic E-state index is 5.72. The topological polar surface area (TPSA) is 52.0 Å². The van der Waals surface area contributed by atoms with Crippen molar-refractivity contribution < 1.29 is 0 Å². The molecule has 0 aromatic rings. The van der Waals surface area contributed by atoms with Crippen molar-refractivity contribution in [2.24, 2.45) is 11.5 Å². The molecule has 4 N–H and O–H groups in total. The van der Waals surface area contributed by atoms with Gasteiger partial charge < -0.3 is 11.5 Å². The average molecular weight is 127 g/mol. The molecule has 1 atom stereocenters. The van der Waals surface area contributed by atoms with E-state index in [1.807, 2.05) is 0 Å². The van der Waals surface area contributed by atoms with Crippen molar-refractivity contribution in [2.75, 3.05) is 0 Å². The van der Waals surface area contributed by atoms with E-state index in [2.05, 4.69) is 0 Å². The Morgan fingerprint density at radius 3 is 2.78 bits per heavy atom. The Hall–Kier alpha value is -0.0800. The summed E-state index contributed by atoms with van der Waals surface area (Å²) in [7, 11) is 0. The van der Waals surface area contributed by atoms with Gasteiger partial charge in [0.25, 0.3) is 0 Å². The van der Waals surface area contributed by atoms with Gasteiger partial charge in [-0.25, -0.2) is 0 Å². The van der Waals surface area contributed by atoms with Crippen LogP contribution in [0.5, 0.6) is 0 Å². The van der Waals surface area contributed by atoms with Crippen LogP contribution in [0.3, 0.4) is 0 Å². The summed E-state index contributed by atoms with van der Waals surface area (Å²) in [5.41, 5.74) is 11.4. The Morgan fingerprint density at radius 2 is 2.00 bits per heavy atom. The van der Waals surface area contributed by atoms with Crippen molar-refractivity contribution >= 4 is 0 Å². The van der Waals surface area contributed by atoms with Gasteiger partial charge in [0.2, 0.25) is 0 Å². The second-order valence-corrected chi connectivity index (χ2v) is 2.78. The minimum Gasteiger partial charge on any atom is -0.326 e. The highest BCUT2D eigenvalue weighted by Gasteiger charge is 2.16. The fraction of sp³-hybridized carbons (Fsp3) is 0.857. The van der Waals surface area contributed by atoms with Crippen LogP contribution in [0.1, 0.15) is 32.1 Å². The molecule has 1 aliphatic rings. The Morgan fingerprint density at radius 1 is 1.22 bits per heavy atom. The highest BCUT2D eigenvalue weighted by Crippen LogP contribution is 2.18. The maximum Gasteiger partial charge on any atom is 0.0505 e. The third-order valence-electron chi connectivity index (χ3n) is 1.96. The third-order valence-corrected chi connectivity index (χ3v) is 1.96. The van der Waals surface area contributed by atoms with Gasteiger partial charge in [-0.3, -0.25) is 0 Å². The minimum atomic E-state index is 0.187. The SMILES string of the molecule is N[C]1CCCCCC1N. The zero-order valence-electron chi connectivity index (χ0n) is 5.77. The molecule has 2 nitrogen and oxygen atoms in total. The molecular weight excluding hydrogens is 112 g/mol. The van der Waals surface area contributed by atoms with E-state index in [-0.39, 0.29) is 6.04 Å². The van der Waals surface area contributed by atoms with Gasteiger partial charge in [-0.1, -0.05) is 19.3 Å². The zero-order chi connectivity index (χ0) is 6.69. The fourth-order valence-corrected chi connectivity index (χ4v) is 1.24. The summed E-state index contributed by atoms with van der Waals surface area (Å²) in [6, 6.07) is 1.19. The summed E-state index contributed by atoms with van der Waals surface area (Å²) in [4.78, 5) is 0. The molecule has 1 aliphatic carbocycles. The van der Waals surface area contributed by atoms with E-state index in [1.165, 1.54) is 19.3 Å². The summed E-state index contributed by atoms with van der Waals surface area (Å²) >= 11 is 0. The summed E-state index contributed by atoms with van der Waals surface area (Å²) in [6.07, 6.45) is 5.92. The first kappa shape index (κ1) is 7.03. The van der Waals surface area contributed by atoms with E-state index in [1.54, 1.807) is 0 Å². The summed E-state index contributed by atoms with van der Waals surface area (Å²) < 4.78 is 0. The highest BCUT2D eigenvalue weighted by atomic mass is 14.8. The van der Waals surface area contributed by atoms with Crippen molar-refractivity contribution in [1.29, 1.82) is 0 Å². The first-order chi connectivity index (χ1) is 4.30. The number of nitrogens with two attached hydrogens (primary N) is 2. The Bertz CT molecular complexity index is 73.0. The highest BCUT2D eigenvalue weighted by molar-refractivity contribution is 4.95. The zero-order valence-corrected chi connectivity index (χ0v) is 5.77. The minimum absolute atomic E-state index is 0.187. The van der Waals surface area contributed by atoms with Gasteiger partial charge in [-0.15, -0.1) is 0 Å². The number of hydrogen-bond acceptors (Lipinski definition) is 2. The molecule has 1 fully saturated rings. The summed E-state index contributed by atoms with van der Waals surface area (Å²) in [5.74, 6) is 0. The molecule has 0 saturated heterocycles. The molecule has 0 spiro atoms. The molecule has 9 heavy (non-hydrogen) atoms. The molecular formula is C7H15N2. The molecule has 1 unspecified atom stereocenters. The van der Waals surface area contributed by atoms with Crippen LogP contribution in [0.4, 0.5) is 0 Å². The summed E-state index contributed by atoms with van der Waals surface area (Å²) in [5, 5.41) is 0. The van der Waals surface area contributed by atoms with Crippen LogP contribution in [0.25, 0.3) is 0 Å². The summed E-state index contributed by atoms with van der Waals surface area (Å²) in [6.45, 7) is 0. The van der Waals surface area contributed by atoms with Crippen LogP contribution in [0, 0.1) is 6.04 Å². The lowest BCUT2D eigenvalue weighted by Gasteiger charge is -2.13. The normalized spacial score (nSPS) is 32.0. The van der Waals surface area contributed by atoms with Crippen molar-refractivity contribution in [3.8, 4) is 0 Å². The maximum atomic E-state index is 5.72. The number of rotatable bonds is 0. The van der Waals surface area contributed by atoms with E-state index in [9.17, 15) is 0 Å². The van der Waals surface area contributed by atoms with Crippen molar-refractivity contribution in [3.05, 3.63) is 6.04 Å². The van der Waals surface area contributed by atoms with E-state index >= 15 is 0 Å². The second kappa shape index (κ2) is 3.18. The molecule has 1 rings (SSSR count). The molecule has 2 heteroatoms. The Labute approximate surface area is 56.6 Å². The molecule has 1 radical (unpaired) electrons. The van der Waals surface area contributed by atoms with Gasteiger partial charge in [0.1, 0.15) is 0 Å². The molecule has 0 aliphatic heterocycles. The lowest BCUT2D eigenvalue weighted by molar-refractivity contribution is 0.607. The van der Waals surface area contributed by atoms with E-state index in [4.69, 9.17) is 11.5 Å². The first-order valence-electron chi connectivity index (χ1n) is 3.67. The smallest absolute Gasteiger partial charge is 0.0505 e. The van der Waals surface area contributed by atoms with Gasteiger partial charge >= 0.3 is 0 Å². The van der Waals surface area contributed by atoms with Gasteiger partial charge in [0, 0.05) is 6.04 Å². The molecule has 53 valence electrons. The second-order valence-electron chi connectivity index (χ2n) is 2.78. The van der Waals surface area contributed by atoms with Crippen molar-refractivity contribution in [3.63, 3.8) is 0 Å². The molecule has 0 aromatic heterocycles. The van der Waals surface area contributed by atoms with Crippen molar-refractivity contribution in [1.82, 2.24) is 0 Å².